The number of nitrogens with one attached hydrogen (secondary N) is 2. The first kappa shape index (κ1) is 24.5. The van der Waals surface area contributed by atoms with Crippen LogP contribution >= 0.6 is 0 Å². The van der Waals surface area contributed by atoms with Gasteiger partial charge in [-0.1, -0.05) is 48.5 Å². The largest absolute Gasteiger partial charge is 0.350 e. The minimum Gasteiger partial charge on any atom is -0.350 e. The fourth-order valence-electron chi connectivity index (χ4n) is 3.57. The van der Waals surface area contributed by atoms with E-state index in [0.29, 0.717) is 23.4 Å². The Kier molecular flexibility index (Phi) is 7.89. The molecule has 0 spiro atoms. The minimum atomic E-state index is -3.77. The van der Waals surface area contributed by atoms with Crippen molar-refractivity contribution in [2.45, 2.75) is 31.2 Å². The van der Waals surface area contributed by atoms with Crippen LogP contribution in [0.5, 0.6) is 0 Å². The Morgan fingerprint density at radius 1 is 0.939 bits per heavy atom. The second kappa shape index (κ2) is 10.6. The standard InChI is InChI=1S/C26H31N3O3S/c1-19-13-14-20(2)25(15-19)33(31,32)28-23-12-8-11-22(17-23)26(30)27-18-24(29(3)4)16-21-9-6-5-7-10-21/h5-15,17,24,28H,16,18H2,1-4H3,(H,27,30). The van der Waals surface area contributed by atoms with E-state index >= 15 is 0 Å². The maximum absolute atomic E-state index is 12.9. The number of amides is 1. The highest BCUT2D eigenvalue weighted by Gasteiger charge is 2.19. The molecule has 0 heterocycles. The summed E-state index contributed by atoms with van der Waals surface area (Å²) in [6, 6.07) is 22.1. The van der Waals surface area contributed by atoms with E-state index in [-0.39, 0.29) is 16.8 Å². The summed E-state index contributed by atoms with van der Waals surface area (Å²) in [5.74, 6) is -0.248. The van der Waals surface area contributed by atoms with E-state index in [1.54, 1.807) is 43.3 Å². The number of hydrogen-bond donors (Lipinski definition) is 2. The number of sulfonamides is 1. The quantitative estimate of drug-likeness (QED) is 0.501. The van der Waals surface area contributed by atoms with Crippen LogP contribution in [0.4, 0.5) is 5.69 Å². The van der Waals surface area contributed by atoms with Gasteiger partial charge in [0.2, 0.25) is 0 Å². The van der Waals surface area contributed by atoms with Crippen molar-refractivity contribution < 1.29 is 13.2 Å². The van der Waals surface area contributed by atoms with E-state index in [4.69, 9.17) is 0 Å². The fraction of sp³-hybridized carbons (Fsp3) is 0.269. The molecule has 6 nitrogen and oxygen atoms in total. The van der Waals surface area contributed by atoms with Crippen LogP contribution in [0.2, 0.25) is 0 Å². The first-order valence-electron chi connectivity index (χ1n) is 10.8. The first-order valence-corrected chi connectivity index (χ1v) is 12.3. The summed E-state index contributed by atoms with van der Waals surface area (Å²) in [5, 5.41) is 2.98. The van der Waals surface area contributed by atoms with Gasteiger partial charge < -0.3 is 10.2 Å². The van der Waals surface area contributed by atoms with Gasteiger partial charge in [-0.2, -0.15) is 0 Å². The molecule has 0 saturated carbocycles. The van der Waals surface area contributed by atoms with Gasteiger partial charge in [0.25, 0.3) is 15.9 Å². The van der Waals surface area contributed by atoms with Gasteiger partial charge in [-0.3, -0.25) is 9.52 Å². The zero-order chi connectivity index (χ0) is 24.0. The Labute approximate surface area is 196 Å². The summed E-state index contributed by atoms with van der Waals surface area (Å²) in [7, 11) is 0.208. The van der Waals surface area contributed by atoms with Crippen molar-refractivity contribution >= 4 is 21.6 Å². The van der Waals surface area contributed by atoms with Crippen molar-refractivity contribution in [2.24, 2.45) is 0 Å². The lowest BCUT2D eigenvalue weighted by atomic mass is 10.0. The number of aryl methyl sites for hydroxylation is 2. The van der Waals surface area contributed by atoms with E-state index < -0.39 is 10.0 Å². The molecule has 2 N–H and O–H groups in total. The highest BCUT2D eigenvalue weighted by Crippen LogP contribution is 2.21. The molecule has 1 atom stereocenters. The lowest BCUT2D eigenvalue weighted by Gasteiger charge is -2.25. The summed E-state index contributed by atoms with van der Waals surface area (Å²) in [6.07, 6.45) is 0.809. The van der Waals surface area contributed by atoms with Gasteiger partial charge in [-0.05, 0) is 75.3 Å². The third-order valence-corrected chi connectivity index (χ3v) is 7.08. The summed E-state index contributed by atoms with van der Waals surface area (Å²) in [4.78, 5) is 15.1. The zero-order valence-corrected chi connectivity index (χ0v) is 20.3. The molecule has 0 aromatic heterocycles. The van der Waals surface area contributed by atoms with Crippen LogP contribution in [-0.2, 0) is 16.4 Å². The van der Waals surface area contributed by atoms with Crippen molar-refractivity contribution in [3.63, 3.8) is 0 Å². The van der Waals surface area contributed by atoms with E-state index in [1.807, 2.05) is 45.3 Å². The molecular weight excluding hydrogens is 434 g/mol. The summed E-state index contributed by atoms with van der Waals surface area (Å²) in [5.41, 5.74) is 3.47. The van der Waals surface area contributed by atoms with Gasteiger partial charge in [-0.15, -0.1) is 0 Å². The molecule has 33 heavy (non-hydrogen) atoms. The maximum Gasteiger partial charge on any atom is 0.262 e. The Balaban J connectivity index is 1.69. The van der Waals surface area contributed by atoms with E-state index in [1.165, 1.54) is 5.56 Å². The molecule has 0 fully saturated rings. The number of benzene rings is 3. The number of nitrogens with zero attached hydrogens (tertiary/aromatic N) is 1. The van der Waals surface area contributed by atoms with E-state index in [0.717, 1.165) is 12.0 Å². The summed E-state index contributed by atoms with van der Waals surface area (Å²) < 4.78 is 28.4. The monoisotopic (exact) mass is 465 g/mol. The predicted octanol–water partition coefficient (Wildman–Crippen LogP) is 4.01. The van der Waals surface area contributed by atoms with Gasteiger partial charge in [0.15, 0.2) is 0 Å². The predicted molar refractivity (Wildman–Crippen MR) is 133 cm³/mol. The lowest BCUT2D eigenvalue weighted by Crippen LogP contribution is -2.41. The molecule has 1 unspecified atom stereocenters. The number of likely N-dealkylation sites (N-methyl/N-ethyl adjacent to an activating group) is 1. The van der Waals surface area contributed by atoms with Crippen LogP contribution in [-0.4, -0.2) is 45.9 Å². The Morgan fingerprint density at radius 3 is 2.36 bits per heavy atom. The smallest absolute Gasteiger partial charge is 0.262 e. The normalized spacial score (nSPS) is 12.4. The van der Waals surface area contributed by atoms with Crippen LogP contribution < -0.4 is 10.0 Å². The number of hydrogen-bond acceptors (Lipinski definition) is 4. The minimum absolute atomic E-state index is 0.127. The molecule has 3 rings (SSSR count). The van der Waals surface area contributed by atoms with Gasteiger partial charge in [-0.25, -0.2) is 8.42 Å². The fourth-order valence-corrected chi connectivity index (χ4v) is 4.95. The van der Waals surface area contributed by atoms with Crippen molar-refractivity contribution in [1.29, 1.82) is 0 Å². The molecule has 7 heteroatoms. The summed E-state index contributed by atoms with van der Waals surface area (Å²) >= 11 is 0. The molecule has 174 valence electrons. The van der Waals surface area contributed by atoms with Crippen molar-refractivity contribution in [2.75, 3.05) is 25.4 Å². The molecule has 3 aromatic carbocycles. The van der Waals surface area contributed by atoms with E-state index in [2.05, 4.69) is 27.1 Å². The number of carbonyl (C=O) groups excluding carboxylic acids is 1. The SMILES string of the molecule is Cc1ccc(C)c(S(=O)(=O)Nc2cccc(C(=O)NCC(Cc3ccccc3)N(C)C)c2)c1. The molecule has 0 aliphatic carbocycles. The third-order valence-electron chi connectivity index (χ3n) is 5.55. The van der Waals surface area contributed by atoms with Gasteiger partial charge in [0, 0.05) is 23.8 Å². The number of carbonyl (C=O) groups is 1. The third kappa shape index (κ3) is 6.66. The van der Waals surface area contributed by atoms with Crippen LogP contribution in [0.15, 0.2) is 77.7 Å². The van der Waals surface area contributed by atoms with Crippen molar-refractivity contribution in [3.8, 4) is 0 Å². The molecule has 0 aliphatic rings. The van der Waals surface area contributed by atoms with Crippen molar-refractivity contribution in [3.05, 3.63) is 95.1 Å². The zero-order valence-electron chi connectivity index (χ0n) is 19.5. The second-order valence-corrected chi connectivity index (χ2v) is 10.1. The van der Waals surface area contributed by atoms with Crippen molar-refractivity contribution in [1.82, 2.24) is 10.2 Å². The number of anilines is 1. The van der Waals surface area contributed by atoms with Gasteiger partial charge >= 0.3 is 0 Å². The van der Waals surface area contributed by atoms with Gasteiger partial charge in [0.05, 0.1) is 4.90 Å². The maximum atomic E-state index is 12.9. The van der Waals surface area contributed by atoms with Crippen LogP contribution in [0, 0.1) is 13.8 Å². The topological polar surface area (TPSA) is 78.5 Å². The molecule has 1 amide bonds. The highest BCUT2D eigenvalue weighted by molar-refractivity contribution is 7.92. The second-order valence-electron chi connectivity index (χ2n) is 8.47. The van der Waals surface area contributed by atoms with Crippen LogP contribution in [0.3, 0.4) is 0 Å². The lowest BCUT2D eigenvalue weighted by molar-refractivity contribution is 0.0941. The molecule has 3 aromatic rings. The summed E-state index contributed by atoms with van der Waals surface area (Å²) in [6.45, 7) is 4.08. The average molecular weight is 466 g/mol. The van der Waals surface area contributed by atoms with E-state index in [9.17, 15) is 13.2 Å². The number of rotatable bonds is 9. The van der Waals surface area contributed by atoms with Crippen LogP contribution in [0.1, 0.15) is 27.0 Å². The Bertz CT molecular complexity index is 1210. The molecule has 0 saturated heterocycles. The Hall–Kier alpha value is -3.16. The first-order chi connectivity index (χ1) is 15.7. The molecule has 0 aliphatic heterocycles. The highest BCUT2D eigenvalue weighted by atomic mass is 32.2. The molecule has 0 radical (unpaired) electrons. The van der Waals surface area contributed by atoms with Gasteiger partial charge in [0.1, 0.15) is 0 Å². The van der Waals surface area contributed by atoms with Crippen LogP contribution in [0.25, 0.3) is 0 Å². The average Bonchev–Trinajstić information content (AvgIpc) is 2.78. The Morgan fingerprint density at radius 2 is 1.67 bits per heavy atom. The molecular formula is C26H31N3O3S. The molecule has 0 bridgehead atoms.